The molecule has 2 bridgehead atoms. The standard InChI is InChI=1S/C22H39BO5Si/c1-20(2,3)29(7,8)27-16(13-18(24)25)10-9-11-23-26-19-17-12-15(21(17,4)5)14-22(19,6)28-23/h9-10,15-17,19H,11-14H2,1-8H3,(H,24,25)/b10-9-/t15-,16?,17+,19-,22+/m1/s1. The zero-order valence-electron chi connectivity index (χ0n) is 19.5. The van der Waals surface area contributed by atoms with Crippen LogP contribution in [-0.2, 0) is 18.5 Å². The molecule has 4 rings (SSSR count). The van der Waals surface area contributed by atoms with Crippen LogP contribution in [0, 0.1) is 17.3 Å². The summed E-state index contributed by atoms with van der Waals surface area (Å²) in [7, 11) is -2.31. The van der Waals surface area contributed by atoms with Crippen molar-refractivity contribution in [2.75, 3.05) is 0 Å². The van der Waals surface area contributed by atoms with Crippen LogP contribution in [0.5, 0.6) is 0 Å². The molecule has 1 saturated heterocycles. The summed E-state index contributed by atoms with van der Waals surface area (Å²) in [6.07, 6.45) is 6.56. The Morgan fingerprint density at radius 2 is 2.00 bits per heavy atom. The summed E-state index contributed by atoms with van der Waals surface area (Å²) in [4.78, 5) is 11.3. The molecule has 1 N–H and O–H groups in total. The van der Waals surface area contributed by atoms with Crippen molar-refractivity contribution >= 4 is 21.4 Å². The monoisotopic (exact) mass is 422 g/mol. The van der Waals surface area contributed by atoms with E-state index in [1.165, 1.54) is 6.42 Å². The lowest BCUT2D eigenvalue weighted by Crippen LogP contribution is -2.63. The van der Waals surface area contributed by atoms with E-state index >= 15 is 0 Å². The molecule has 164 valence electrons. The van der Waals surface area contributed by atoms with Crippen molar-refractivity contribution in [3.8, 4) is 0 Å². The molecule has 0 aromatic carbocycles. The molecule has 7 heteroatoms. The zero-order valence-corrected chi connectivity index (χ0v) is 20.5. The molecular weight excluding hydrogens is 383 g/mol. The highest BCUT2D eigenvalue weighted by atomic mass is 28.4. The molecule has 5 atom stereocenters. The van der Waals surface area contributed by atoms with E-state index < -0.39 is 20.4 Å². The minimum Gasteiger partial charge on any atom is -0.481 e. The van der Waals surface area contributed by atoms with Gasteiger partial charge in [-0.25, -0.2) is 0 Å². The van der Waals surface area contributed by atoms with Crippen molar-refractivity contribution in [1.82, 2.24) is 0 Å². The van der Waals surface area contributed by atoms with Gasteiger partial charge in [0.25, 0.3) is 0 Å². The lowest BCUT2D eigenvalue weighted by atomic mass is 9.45. The normalized spacial score (nSPS) is 34.8. The van der Waals surface area contributed by atoms with E-state index in [9.17, 15) is 9.90 Å². The van der Waals surface area contributed by atoms with Crippen molar-refractivity contribution in [2.24, 2.45) is 17.3 Å². The summed E-state index contributed by atoms with van der Waals surface area (Å²) in [6, 6.07) is 0. The third-order valence-electron chi connectivity index (χ3n) is 8.17. The zero-order chi connectivity index (χ0) is 21.8. The van der Waals surface area contributed by atoms with Gasteiger partial charge in [-0.05, 0) is 55.1 Å². The van der Waals surface area contributed by atoms with E-state index in [-0.39, 0.29) is 30.3 Å². The van der Waals surface area contributed by atoms with Gasteiger partial charge in [0.1, 0.15) is 0 Å². The number of allylic oxidation sites excluding steroid dienone is 1. The molecule has 1 aliphatic heterocycles. The quantitative estimate of drug-likeness (QED) is 0.455. The van der Waals surface area contributed by atoms with Crippen molar-refractivity contribution in [3.05, 3.63) is 12.2 Å². The highest BCUT2D eigenvalue weighted by Crippen LogP contribution is 2.64. The molecule has 1 heterocycles. The molecule has 0 aromatic rings. The Morgan fingerprint density at radius 3 is 2.55 bits per heavy atom. The topological polar surface area (TPSA) is 65.0 Å². The Bertz CT molecular complexity index is 671. The molecule has 29 heavy (non-hydrogen) atoms. The van der Waals surface area contributed by atoms with Gasteiger partial charge in [-0.2, -0.15) is 0 Å². The Labute approximate surface area is 177 Å². The number of carboxylic acids is 1. The average molecular weight is 422 g/mol. The maximum atomic E-state index is 11.3. The molecule has 5 nitrogen and oxygen atoms in total. The number of hydrogen-bond acceptors (Lipinski definition) is 4. The van der Waals surface area contributed by atoms with E-state index in [0.717, 1.165) is 12.3 Å². The second kappa shape index (κ2) is 7.50. The molecule has 0 radical (unpaired) electrons. The van der Waals surface area contributed by atoms with Gasteiger partial charge in [0.2, 0.25) is 0 Å². The van der Waals surface area contributed by atoms with Crippen LogP contribution in [0.2, 0.25) is 24.5 Å². The van der Waals surface area contributed by atoms with Gasteiger partial charge in [0.15, 0.2) is 8.32 Å². The van der Waals surface area contributed by atoms with Crippen molar-refractivity contribution in [1.29, 1.82) is 0 Å². The molecule has 3 aliphatic carbocycles. The van der Waals surface area contributed by atoms with Gasteiger partial charge < -0.3 is 18.8 Å². The second-order valence-electron chi connectivity index (χ2n) is 11.7. The van der Waals surface area contributed by atoms with Crippen LogP contribution in [-0.4, -0.2) is 44.3 Å². The van der Waals surface area contributed by atoms with E-state index in [1.54, 1.807) is 0 Å². The SMILES string of the molecule is CC1(C)[C@@H]2C[C@H]1[C@H]1OB(C/C=C\C(CC(=O)O)O[Si](C)(C)C(C)(C)C)O[C@@]1(C)C2. The van der Waals surface area contributed by atoms with Crippen LogP contribution in [0.25, 0.3) is 0 Å². The highest BCUT2D eigenvalue weighted by molar-refractivity contribution is 6.74. The van der Waals surface area contributed by atoms with Gasteiger partial charge in [-0.1, -0.05) is 46.8 Å². The van der Waals surface area contributed by atoms with Crippen LogP contribution in [0.3, 0.4) is 0 Å². The largest absolute Gasteiger partial charge is 0.481 e. The predicted molar refractivity (Wildman–Crippen MR) is 118 cm³/mol. The minimum atomic E-state index is -2.05. The van der Waals surface area contributed by atoms with Gasteiger partial charge in [-0.15, -0.1) is 0 Å². The number of hydrogen-bond donors (Lipinski definition) is 1. The van der Waals surface area contributed by atoms with E-state index in [1.807, 2.05) is 12.2 Å². The lowest BCUT2D eigenvalue weighted by molar-refractivity contribution is -0.185. The van der Waals surface area contributed by atoms with Gasteiger partial charge in [0.05, 0.1) is 24.2 Å². The Kier molecular flexibility index (Phi) is 5.96. The smallest absolute Gasteiger partial charge is 0.461 e. The fraction of sp³-hybridized carbons (Fsp3) is 0.864. The van der Waals surface area contributed by atoms with Crippen molar-refractivity contribution in [2.45, 2.75) is 103 Å². The fourth-order valence-corrected chi connectivity index (χ4v) is 6.39. The van der Waals surface area contributed by atoms with E-state index in [2.05, 4.69) is 54.6 Å². The second-order valence-corrected chi connectivity index (χ2v) is 16.4. The Morgan fingerprint density at radius 1 is 1.34 bits per heavy atom. The van der Waals surface area contributed by atoms with Gasteiger partial charge in [-0.3, -0.25) is 4.79 Å². The van der Waals surface area contributed by atoms with Crippen LogP contribution in [0.4, 0.5) is 0 Å². The number of rotatable bonds is 7. The summed E-state index contributed by atoms with van der Waals surface area (Å²) in [5.74, 6) is 0.457. The maximum absolute atomic E-state index is 11.3. The first-order chi connectivity index (χ1) is 13.2. The van der Waals surface area contributed by atoms with Crippen molar-refractivity contribution in [3.63, 3.8) is 0 Å². The molecule has 4 fully saturated rings. The van der Waals surface area contributed by atoms with Crippen LogP contribution < -0.4 is 0 Å². The summed E-state index contributed by atoms with van der Waals surface area (Å²) in [5, 5.41) is 9.34. The Hall–Kier alpha value is -0.628. The molecule has 1 unspecified atom stereocenters. The third-order valence-corrected chi connectivity index (χ3v) is 12.7. The molecular formula is C22H39BO5Si. The first-order valence-electron chi connectivity index (χ1n) is 11.1. The van der Waals surface area contributed by atoms with Crippen LogP contribution in [0.15, 0.2) is 12.2 Å². The van der Waals surface area contributed by atoms with Crippen LogP contribution >= 0.6 is 0 Å². The lowest BCUT2D eigenvalue weighted by Gasteiger charge is -2.63. The molecule has 4 aliphatic rings. The predicted octanol–water partition coefficient (Wildman–Crippen LogP) is 5.14. The molecule has 0 aromatic heterocycles. The molecule has 3 saturated carbocycles. The summed E-state index contributed by atoms with van der Waals surface area (Å²) < 4.78 is 19.0. The fourth-order valence-electron chi connectivity index (χ4n) is 5.11. The highest BCUT2D eigenvalue weighted by Gasteiger charge is 2.66. The molecule has 0 amide bonds. The first-order valence-corrected chi connectivity index (χ1v) is 14.0. The summed E-state index contributed by atoms with van der Waals surface area (Å²) in [5.41, 5.74) is 0.168. The number of carboxylic acid groups (broad SMARTS) is 1. The number of carbonyl (C=O) groups is 1. The maximum Gasteiger partial charge on any atom is 0.461 e. The Balaban J connectivity index is 1.61. The van der Waals surface area contributed by atoms with Gasteiger partial charge >= 0.3 is 13.1 Å². The van der Waals surface area contributed by atoms with Crippen LogP contribution in [0.1, 0.15) is 60.8 Å². The van der Waals surface area contributed by atoms with E-state index in [0.29, 0.717) is 17.7 Å². The average Bonchev–Trinajstić information content (AvgIpc) is 2.88. The van der Waals surface area contributed by atoms with E-state index in [4.69, 9.17) is 13.7 Å². The minimum absolute atomic E-state index is 0.0202. The van der Waals surface area contributed by atoms with Crippen molar-refractivity contribution < 1.29 is 23.6 Å². The molecule has 0 spiro atoms. The number of aliphatic carboxylic acids is 1. The summed E-state index contributed by atoms with van der Waals surface area (Å²) in [6.45, 7) is 17.7. The summed E-state index contributed by atoms with van der Waals surface area (Å²) >= 11 is 0. The first kappa shape index (κ1) is 23.0. The third kappa shape index (κ3) is 4.39. The van der Waals surface area contributed by atoms with Gasteiger partial charge in [0, 0.05) is 6.32 Å².